The number of hydrogen-bond donors (Lipinski definition) is 0. The van der Waals surface area contributed by atoms with Crippen molar-refractivity contribution < 1.29 is 17.7 Å². The fraction of sp³-hybridized carbons (Fsp3) is 0. The molecule has 4 heterocycles. The van der Waals surface area contributed by atoms with Crippen LogP contribution >= 0.6 is 0 Å². The molecule has 0 unspecified atom stereocenters. The fourth-order valence-corrected chi connectivity index (χ4v) is 8.13. The lowest BCUT2D eigenvalue weighted by Gasteiger charge is -2.25. The van der Waals surface area contributed by atoms with E-state index >= 15 is 0 Å². The van der Waals surface area contributed by atoms with E-state index in [1.54, 1.807) is 0 Å². The van der Waals surface area contributed by atoms with Crippen LogP contribution in [0.1, 0.15) is 0 Å². The number of nitrogens with zero attached hydrogens (tertiary/aromatic N) is 2. The van der Waals surface area contributed by atoms with Gasteiger partial charge in [0.1, 0.15) is 39.0 Å². The summed E-state index contributed by atoms with van der Waals surface area (Å²) in [6, 6.07) is 58.0. The Balaban J connectivity index is 1.04. The number of furan rings is 3. The third-order valence-electron chi connectivity index (χ3n) is 10.7. The SMILES string of the molecule is c1ccc(-c2nc3cc(-c4ccc(N(c5ccc6c(c5)oc5ccccc56)c5ccc6oc7ccccc7c6c5)cc4)c4oc5ccccc5c4c3o2)cc1. The Bertz CT molecular complexity index is 3440. The van der Waals surface area contributed by atoms with Crippen molar-refractivity contribution in [3.05, 3.63) is 170 Å². The predicted octanol–water partition coefficient (Wildman–Crippen LogP) is 14.3. The maximum atomic E-state index is 6.59. The first-order valence-corrected chi connectivity index (χ1v) is 18.3. The first kappa shape index (κ1) is 29.9. The van der Waals surface area contributed by atoms with E-state index in [2.05, 4.69) is 89.8 Å². The van der Waals surface area contributed by atoms with Gasteiger partial charge in [-0.3, -0.25) is 0 Å². The molecule has 0 fully saturated rings. The van der Waals surface area contributed by atoms with E-state index in [0.717, 1.165) is 105 Å². The maximum Gasteiger partial charge on any atom is 0.227 e. The molecule has 0 saturated carbocycles. The van der Waals surface area contributed by atoms with Crippen LogP contribution in [0.5, 0.6) is 0 Å². The number of para-hydroxylation sites is 3. The first-order valence-electron chi connectivity index (χ1n) is 18.3. The minimum Gasteiger partial charge on any atom is -0.456 e. The van der Waals surface area contributed by atoms with Gasteiger partial charge in [0.2, 0.25) is 5.89 Å². The zero-order chi connectivity index (χ0) is 36.0. The van der Waals surface area contributed by atoms with Gasteiger partial charge >= 0.3 is 0 Å². The Morgan fingerprint density at radius 3 is 1.73 bits per heavy atom. The van der Waals surface area contributed by atoms with Crippen LogP contribution in [0, 0.1) is 0 Å². The van der Waals surface area contributed by atoms with Gasteiger partial charge in [0, 0.05) is 61.2 Å². The lowest BCUT2D eigenvalue weighted by molar-refractivity contribution is 0.622. The summed E-state index contributed by atoms with van der Waals surface area (Å²) in [5, 5.41) is 6.23. The normalized spacial score (nSPS) is 12.0. The maximum absolute atomic E-state index is 6.59. The minimum atomic E-state index is 0.578. The van der Waals surface area contributed by atoms with Crippen molar-refractivity contribution in [1.82, 2.24) is 4.98 Å². The second-order valence-corrected chi connectivity index (χ2v) is 13.9. The summed E-state index contributed by atoms with van der Waals surface area (Å²) in [6.07, 6.45) is 0. The highest BCUT2D eigenvalue weighted by Crippen LogP contribution is 2.44. The zero-order valence-corrected chi connectivity index (χ0v) is 29.2. The molecule has 0 aliphatic carbocycles. The number of oxazole rings is 1. The van der Waals surface area contributed by atoms with E-state index in [0.29, 0.717) is 11.5 Å². The molecule has 12 aromatic rings. The van der Waals surface area contributed by atoms with Gasteiger partial charge in [-0.05, 0) is 84.4 Å². The second kappa shape index (κ2) is 11.5. The molecule has 0 amide bonds. The zero-order valence-electron chi connectivity index (χ0n) is 29.2. The molecule has 0 aliphatic rings. The Morgan fingerprint density at radius 2 is 0.945 bits per heavy atom. The molecule has 4 aromatic heterocycles. The lowest BCUT2D eigenvalue weighted by Crippen LogP contribution is -2.09. The highest BCUT2D eigenvalue weighted by molar-refractivity contribution is 6.20. The van der Waals surface area contributed by atoms with Crippen molar-refractivity contribution in [3.63, 3.8) is 0 Å². The molecule has 0 spiro atoms. The quantitative estimate of drug-likeness (QED) is 0.177. The van der Waals surface area contributed by atoms with E-state index in [9.17, 15) is 0 Å². The number of anilines is 3. The van der Waals surface area contributed by atoms with Gasteiger partial charge in [-0.25, -0.2) is 4.98 Å². The molecule has 0 atom stereocenters. The van der Waals surface area contributed by atoms with Gasteiger partial charge < -0.3 is 22.6 Å². The molecular weight excluding hydrogens is 681 g/mol. The molecule has 0 aliphatic heterocycles. The fourth-order valence-electron chi connectivity index (χ4n) is 8.13. The number of benzene rings is 8. The third-order valence-corrected chi connectivity index (χ3v) is 10.7. The van der Waals surface area contributed by atoms with E-state index in [4.69, 9.17) is 22.7 Å². The van der Waals surface area contributed by atoms with E-state index in [1.807, 2.05) is 84.9 Å². The minimum absolute atomic E-state index is 0.578. The van der Waals surface area contributed by atoms with E-state index in [1.165, 1.54) is 0 Å². The van der Waals surface area contributed by atoms with Crippen LogP contribution < -0.4 is 4.90 Å². The smallest absolute Gasteiger partial charge is 0.227 e. The van der Waals surface area contributed by atoms with Crippen molar-refractivity contribution in [2.75, 3.05) is 4.90 Å². The number of aromatic nitrogens is 1. The Kier molecular flexibility index (Phi) is 6.24. The van der Waals surface area contributed by atoms with Crippen LogP contribution in [0.15, 0.2) is 188 Å². The largest absolute Gasteiger partial charge is 0.456 e. The number of fused-ring (bicyclic) bond motifs is 11. The summed E-state index contributed by atoms with van der Waals surface area (Å²) in [5.74, 6) is 0.578. The summed E-state index contributed by atoms with van der Waals surface area (Å²) in [4.78, 5) is 7.25. The molecular formula is C49H28N2O4. The molecule has 0 saturated heterocycles. The van der Waals surface area contributed by atoms with E-state index < -0.39 is 0 Å². The molecule has 8 aromatic carbocycles. The molecule has 55 heavy (non-hydrogen) atoms. The Labute approximate surface area is 313 Å². The highest BCUT2D eigenvalue weighted by Gasteiger charge is 2.22. The highest BCUT2D eigenvalue weighted by atomic mass is 16.4. The number of hydrogen-bond acceptors (Lipinski definition) is 6. The van der Waals surface area contributed by atoms with Gasteiger partial charge in [-0.2, -0.15) is 0 Å². The standard InChI is InChI=1S/C49H28N2O4/c1-2-10-30(11-3-1)49-50-40-28-38(47-46(48(40)55-49)37-14-6-9-17-43(37)54-47)29-18-20-31(21-19-29)51(32-23-25-44-39(26-32)35-13-5-8-16-42(35)52-44)33-22-24-36-34-12-4-7-15-41(34)53-45(36)27-33/h1-28H. The van der Waals surface area contributed by atoms with Crippen molar-refractivity contribution >= 4 is 94.0 Å². The first-order chi connectivity index (χ1) is 27.2. The monoisotopic (exact) mass is 708 g/mol. The topological polar surface area (TPSA) is 68.7 Å². The van der Waals surface area contributed by atoms with Crippen molar-refractivity contribution in [2.45, 2.75) is 0 Å². The summed E-state index contributed by atoms with van der Waals surface area (Å²) in [7, 11) is 0. The van der Waals surface area contributed by atoms with Gasteiger partial charge in [0.15, 0.2) is 5.58 Å². The average molecular weight is 709 g/mol. The van der Waals surface area contributed by atoms with Gasteiger partial charge in [0.05, 0.1) is 5.39 Å². The van der Waals surface area contributed by atoms with Gasteiger partial charge in [-0.1, -0.05) is 84.9 Å². The summed E-state index contributed by atoms with van der Waals surface area (Å²) in [6.45, 7) is 0. The lowest BCUT2D eigenvalue weighted by atomic mass is 10.0. The van der Waals surface area contributed by atoms with Crippen LogP contribution in [0.3, 0.4) is 0 Å². The van der Waals surface area contributed by atoms with Crippen LogP contribution in [-0.4, -0.2) is 4.98 Å². The van der Waals surface area contributed by atoms with Crippen molar-refractivity contribution in [1.29, 1.82) is 0 Å². The molecule has 6 heteroatoms. The van der Waals surface area contributed by atoms with Crippen LogP contribution in [-0.2, 0) is 0 Å². The van der Waals surface area contributed by atoms with Crippen LogP contribution in [0.4, 0.5) is 17.1 Å². The molecule has 0 radical (unpaired) electrons. The van der Waals surface area contributed by atoms with Crippen LogP contribution in [0.2, 0.25) is 0 Å². The second-order valence-electron chi connectivity index (χ2n) is 13.9. The molecule has 258 valence electrons. The summed E-state index contributed by atoms with van der Waals surface area (Å²) >= 11 is 0. The molecule has 12 rings (SSSR count). The average Bonchev–Trinajstić information content (AvgIpc) is 4.02. The van der Waals surface area contributed by atoms with Crippen LogP contribution in [0.25, 0.3) is 99.5 Å². The third kappa shape index (κ3) is 4.58. The Hall–Kier alpha value is -7.57. The summed E-state index contributed by atoms with van der Waals surface area (Å²) < 4.78 is 25.7. The molecule has 0 N–H and O–H groups in total. The van der Waals surface area contributed by atoms with Gasteiger partial charge in [-0.15, -0.1) is 0 Å². The Morgan fingerprint density at radius 1 is 0.364 bits per heavy atom. The number of rotatable bonds is 5. The molecule has 0 bridgehead atoms. The molecule has 6 nitrogen and oxygen atoms in total. The van der Waals surface area contributed by atoms with E-state index in [-0.39, 0.29) is 0 Å². The predicted molar refractivity (Wildman–Crippen MR) is 221 cm³/mol. The summed E-state index contributed by atoms with van der Waals surface area (Å²) in [5.41, 5.74) is 12.3. The van der Waals surface area contributed by atoms with Gasteiger partial charge in [0.25, 0.3) is 0 Å². The van der Waals surface area contributed by atoms with Crippen molar-refractivity contribution in [2.24, 2.45) is 0 Å². The van der Waals surface area contributed by atoms with Crippen molar-refractivity contribution in [3.8, 4) is 22.6 Å².